The van der Waals surface area contributed by atoms with Gasteiger partial charge in [-0.3, -0.25) is 13.8 Å². The highest BCUT2D eigenvalue weighted by Crippen LogP contribution is 2.26. The Bertz CT molecular complexity index is 1110. The zero-order valence-electron chi connectivity index (χ0n) is 14.3. The second-order valence-corrected chi connectivity index (χ2v) is 7.04. The molecule has 4 aromatic rings. The van der Waals surface area contributed by atoms with Crippen molar-refractivity contribution < 1.29 is 8.95 Å². The van der Waals surface area contributed by atoms with Crippen molar-refractivity contribution in [3.63, 3.8) is 0 Å². The van der Waals surface area contributed by atoms with Crippen LogP contribution >= 0.6 is 0 Å². The number of benzene rings is 1. The fourth-order valence-electron chi connectivity index (χ4n) is 2.82. The number of rotatable bonds is 4. The quantitative estimate of drug-likeness (QED) is 0.556. The van der Waals surface area contributed by atoms with Crippen molar-refractivity contribution in [1.82, 2.24) is 19.5 Å². The van der Waals surface area contributed by atoms with Gasteiger partial charge >= 0.3 is 0 Å². The minimum absolute atomic E-state index is 0.518. The first-order chi connectivity index (χ1) is 12.7. The molecule has 0 aliphatic carbocycles. The van der Waals surface area contributed by atoms with Crippen LogP contribution in [-0.2, 0) is 10.8 Å². The van der Waals surface area contributed by atoms with Gasteiger partial charge in [0.1, 0.15) is 5.75 Å². The molecular formula is C19H16N4O2S. The number of ether oxygens (including phenoxy) is 1. The second-order valence-electron chi connectivity index (χ2n) is 5.69. The number of hydrogen-bond acceptors (Lipinski definition) is 5. The van der Waals surface area contributed by atoms with Crippen molar-refractivity contribution in [2.24, 2.45) is 0 Å². The van der Waals surface area contributed by atoms with Crippen LogP contribution in [0.15, 0.2) is 66.1 Å². The van der Waals surface area contributed by atoms with Gasteiger partial charge in [0, 0.05) is 48.1 Å². The first-order valence-electron chi connectivity index (χ1n) is 7.93. The number of pyridine rings is 1. The Labute approximate surface area is 153 Å². The third-order valence-electron chi connectivity index (χ3n) is 4.10. The molecule has 0 spiro atoms. The molecule has 0 saturated carbocycles. The first-order valence-corrected chi connectivity index (χ1v) is 9.49. The lowest BCUT2D eigenvalue weighted by Gasteiger charge is -2.06. The molecule has 0 aliphatic heterocycles. The average molecular weight is 364 g/mol. The normalized spacial score (nSPS) is 12.2. The molecule has 0 fully saturated rings. The van der Waals surface area contributed by atoms with Crippen LogP contribution in [0.1, 0.15) is 0 Å². The standard InChI is InChI=1S/C19H16N4O2S/c1-25-14-7-8-20-16(9-14)13-10-21-19(22-11-13)23-12-18(26(2)24)15-5-3-4-6-17(15)23/h3-12H,1-2H3. The lowest BCUT2D eigenvalue weighted by atomic mass is 10.2. The number of methoxy groups -OCH3 is 1. The summed E-state index contributed by atoms with van der Waals surface area (Å²) in [5, 5.41) is 0.940. The maximum absolute atomic E-state index is 12.0. The summed E-state index contributed by atoms with van der Waals surface area (Å²) in [7, 11) is 0.522. The van der Waals surface area contributed by atoms with Crippen LogP contribution in [0.2, 0.25) is 0 Å². The lowest BCUT2D eigenvalue weighted by molar-refractivity contribution is 0.414. The molecule has 3 heterocycles. The molecule has 0 aliphatic rings. The Hall–Kier alpha value is -3.06. The molecule has 4 rings (SSSR count). The number of aromatic nitrogens is 4. The summed E-state index contributed by atoms with van der Waals surface area (Å²) < 4.78 is 19.1. The summed E-state index contributed by atoms with van der Waals surface area (Å²) in [5.74, 6) is 1.25. The Morgan fingerprint density at radius 3 is 2.58 bits per heavy atom. The predicted octanol–water partition coefficient (Wildman–Crippen LogP) is 3.23. The van der Waals surface area contributed by atoms with Crippen molar-refractivity contribution in [3.8, 4) is 23.0 Å². The fourth-order valence-corrected chi connectivity index (χ4v) is 3.55. The van der Waals surface area contributed by atoms with E-state index in [1.54, 1.807) is 38.0 Å². The molecular weight excluding hydrogens is 348 g/mol. The number of nitrogens with zero attached hydrogens (tertiary/aromatic N) is 4. The van der Waals surface area contributed by atoms with Crippen molar-refractivity contribution in [2.45, 2.75) is 4.90 Å². The summed E-state index contributed by atoms with van der Waals surface area (Å²) in [6, 6.07) is 11.4. The van der Waals surface area contributed by atoms with E-state index in [0.717, 1.165) is 32.8 Å². The lowest BCUT2D eigenvalue weighted by Crippen LogP contribution is -2.00. The molecule has 1 atom stereocenters. The van der Waals surface area contributed by atoms with E-state index in [-0.39, 0.29) is 0 Å². The van der Waals surface area contributed by atoms with Gasteiger partial charge in [-0.15, -0.1) is 0 Å². The molecule has 130 valence electrons. The molecule has 1 unspecified atom stereocenters. The van der Waals surface area contributed by atoms with Crippen LogP contribution in [0.5, 0.6) is 5.75 Å². The molecule has 0 amide bonds. The molecule has 0 radical (unpaired) electrons. The van der Waals surface area contributed by atoms with Crippen molar-refractivity contribution >= 4 is 21.7 Å². The summed E-state index contributed by atoms with van der Waals surface area (Å²) in [6.07, 6.45) is 8.64. The largest absolute Gasteiger partial charge is 0.497 e. The Morgan fingerprint density at radius 1 is 1.08 bits per heavy atom. The van der Waals surface area contributed by atoms with Gasteiger partial charge in [-0.25, -0.2) is 9.97 Å². The predicted molar refractivity (Wildman–Crippen MR) is 101 cm³/mol. The minimum Gasteiger partial charge on any atom is -0.497 e. The van der Waals surface area contributed by atoms with Gasteiger partial charge in [-0.2, -0.15) is 0 Å². The SMILES string of the molecule is COc1ccnc(-c2cnc(-n3cc(S(C)=O)c4ccccc43)nc2)c1. The fraction of sp³-hybridized carbons (Fsp3) is 0.105. The monoisotopic (exact) mass is 364 g/mol. The third-order valence-corrected chi connectivity index (χ3v) is 5.05. The van der Waals surface area contributed by atoms with Gasteiger partial charge in [-0.1, -0.05) is 18.2 Å². The topological polar surface area (TPSA) is 69.9 Å². The van der Waals surface area contributed by atoms with Crippen molar-refractivity contribution in [3.05, 3.63) is 61.2 Å². The van der Waals surface area contributed by atoms with Crippen LogP contribution in [0.3, 0.4) is 0 Å². The molecule has 0 bridgehead atoms. The van der Waals surface area contributed by atoms with Gasteiger partial charge in [0.25, 0.3) is 0 Å². The van der Waals surface area contributed by atoms with E-state index in [0.29, 0.717) is 5.95 Å². The van der Waals surface area contributed by atoms with Gasteiger partial charge in [-0.05, 0) is 12.1 Å². The van der Waals surface area contributed by atoms with Crippen molar-refractivity contribution in [1.29, 1.82) is 0 Å². The number of fused-ring (bicyclic) bond motifs is 1. The van der Waals surface area contributed by atoms with E-state index in [2.05, 4.69) is 15.0 Å². The second kappa shape index (κ2) is 6.68. The molecule has 6 nitrogen and oxygen atoms in total. The van der Waals surface area contributed by atoms with Gasteiger partial charge in [0.2, 0.25) is 5.95 Å². The Balaban J connectivity index is 1.78. The average Bonchev–Trinajstić information content (AvgIpc) is 3.08. The van der Waals surface area contributed by atoms with E-state index in [1.807, 2.05) is 41.1 Å². The van der Waals surface area contributed by atoms with Gasteiger partial charge in [0.15, 0.2) is 0 Å². The summed E-state index contributed by atoms with van der Waals surface area (Å²) >= 11 is 0. The minimum atomic E-state index is -1.09. The zero-order chi connectivity index (χ0) is 18.1. The van der Waals surface area contributed by atoms with E-state index < -0.39 is 10.8 Å². The molecule has 3 aromatic heterocycles. The number of para-hydroxylation sites is 1. The van der Waals surface area contributed by atoms with E-state index in [4.69, 9.17) is 4.74 Å². The van der Waals surface area contributed by atoms with Crippen molar-refractivity contribution in [2.75, 3.05) is 13.4 Å². The van der Waals surface area contributed by atoms with Crippen LogP contribution in [-0.4, -0.2) is 37.1 Å². The molecule has 26 heavy (non-hydrogen) atoms. The van der Waals surface area contributed by atoms with Gasteiger partial charge in [0.05, 0.1) is 34.0 Å². The van der Waals surface area contributed by atoms with Crippen LogP contribution in [0, 0.1) is 0 Å². The van der Waals surface area contributed by atoms with E-state index in [9.17, 15) is 4.21 Å². The molecule has 0 N–H and O–H groups in total. The maximum Gasteiger partial charge on any atom is 0.234 e. The summed E-state index contributed by atoms with van der Waals surface area (Å²) in [5.41, 5.74) is 2.46. The van der Waals surface area contributed by atoms with Crippen LogP contribution < -0.4 is 4.74 Å². The summed E-state index contributed by atoms with van der Waals surface area (Å²) in [4.78, 5) is 14.0. The smallest absolute Gasteiger partial charge is 0.234 e. The van der Waals surface area contributed by atoms with E-state index >= 15 is 0 Å². The maximum atomic E-state index is 12.0. The Morgan fingerprint density at radius 2 is 1.85 bits per heavy atom. The third kappa shape index (κ3) is 2.86. The molecule has 1 aromatic carbocycles. The van der Waals surface area contributed by atoms with E-state index in [1.165, 1.54) is 0 Å². The number of hydrogen-bond donors (Lipinski definition) is 0. The summed E-state index contributed by atoms with van der Waals surface area (Å²) in [6.45, 7) is 0. The van der Waals surface area contributed by atoms with Gasteiger partial charge < -0.3 is 4.74 Å². The highest BCUT2D eigenvalue weighted by Gasteiger charge is 2.13. The molecule has 7 heteroatoms. The highest BCUT2D eigenvalue weighted by molar-refractivity contribution is 7.84. The van der Waals surface area contributed by atoms with Crippen LogP contribution in [0.4, 0.5) is 0 Å². The zero-order valence-corrected chi connectivity index (χ0v) is 15.1. The highest BCUT2D eigenvalue weighted by atomic mass is 32.2. The Kier molecular flexibility index (Phi) is 4.22. The molecule has 0 saturated heterocycles. The van der Waals surface area contributed by atoms with Crippen LogP contribution in [0.25, 0.3) is 28.1 Å². The first kappa shape index (κ1) is 16.4.